The van der Waals surface area contributed by atoms with Crippen LogP contribution in [0.15, 0.2) is 66.7 Å². The molecule has 0 aliphatic carbocycles. The van der Waals surface area contributed by atoms with Gasteiger partial charge in [-0.1, -0.05) is 47.1 Å². The van der Waals surface area contributed by atoms with Crippen molar-refractivity contribution in [3.8, 4) is 11.5 Å². The van der Waals surface area contributed by atoms with Crippen LogP contribution in [0.2, 0.25) is 10.0 Å². The number of carbonyl (C=O) groups is 1. The zero-order valence-electron chi connectivity index (χ0n) is 20.7. The van der Waals surface area contributed by atoms with Crippen LogP contribution < -0.4 is 14.9 Å². The average Bonchev–Trinajstić information content (AvgIpc) is 3.52. The van der Waals surface area contributed by atoms with Crippen LogP contribution in [0.5, 0.6) is 11.5 Å². The van der Waals surface area contributed by atoms with Gasteiger partial charge in [-0.3, -0.25) is 15.3 Å². The molecular formula is C28H25Cl2N5O3S. The van der Waals surface area contributed by atoms with E-state index in [0.29, 0.717) is 58.7 Å². The first kappa shape index (κ1) is 25.9. The summed E-state index contributed by atoms with van der Waals surface area (Å²) >= 11 is 13.8. The Hall–Kier alpha value is -3.37. The minimum absolute atomic E-state index is 0.389. The molecular weight excluding hydrogens is 557 g/mol. The first-order chi connectivity index (χ1) is 19.0. The van der Waals surface area contributed by atoms with Crippen LogP contribution in [0.1, 0.15) is 22.9 Å². The number of amides is 1. The van der Waals surface area contributed by atoms with Gasteiger partial charge in [0.15, 0.2) is 5.17 Å². The fraction of sp³-hybridized carbons (Fsp3) is 0.214. The van der Waals surface area contributed by atoms with Crippen molar-refractivity contribution >= 4 is 57.1 Å². The van der Waals surface area contributed by atoms with Crippen LogP contribution in [0.25, 0.3) is 10.9 Å². The van der Waals surface area contributed by atoms with E-state index in [2.05, 4.69) is 10.4 Å². The number of ether oxygens (including phenoxy) is 2. The van der Waals surface area contributed by atoms with E-state index in [1.54, 1.807) is 34.2 Å². The van der Waals surface area contributed by atoms with E-state index in [4.69, 9.17) is 38.1 Å². The van der Waals surface area contributed by atoms with Gasteiger partial charge in [-0.15, -0.1) is 0 Å². The first-order valence-electron chi connectivity index (χ1n) is 12.5. The van der Waals surface area contributed by atoms with E-state index in [0.717, 1.165) is 27.7 Å². The van der Waals surface area contributed by atoms with Crippen molar-refractivity contribution in [2.45, 2.75) is 12.5 Å². The van der Waals surface area contributed by atoms with Gasteiger partial charge < -0.3 is 14.5 Å². The monoisotopic (exact) mass is 581 g/mol. The number of carbonyl (C=O) groups excluding carboxylic acids is 1. The second-order valence-corrected chi connectivity index (χ2v) is 11.0. The molecule has 1 fully saturated rings. The number of benzene rings is 3. The molecule has 8 nitrogen and oxygen atoms in total. The summed E-state index contributed by atoms with van der Waals surface area (Å²) in [6.45, 7) is 1.49. The van der Waals surface area contributed by atoms with Gasteiger partial charge in [0.25, 0.3) is 0 Å². The van der Waals surface area contributed by atoms with Crippen molar-refractivity contribution in [2.75, 3.05) is 25.6 Å². The lowest BCUT2D eigenvalue weighted by molar-refractivity contribution is 0.135. The molecule has 3 aromatic carbocycles. The molecule has 1 unspecified atom stereocenters. The Bertz CT molecular complexity index is 1530. The average molecular weight is 583 g/mol. The summed E-state index contributed by atoms with van der Waals surface area (Å²) in [5.74, 6) is 1.85. The van der Waals surface area contributed by atoms with Crippen LogP contribution in [-0.4, -0.2) is 51.7 Å². The number of halogens is 2. The van der Waals surface area contributed by atoms with Crippen LogP contribution in [0.3, 0.4) is 0 Å². The molecule has 0 radical (unpaired) electrons. The topological polar surface area (TPSA) is 93.7 Å². The molecule has 3 heterocycles. The molecule has 2 aliphatic heterocycles. The van der Waals surface area contributed by atoms with Gasteiger partial charge in [-0.05, 0) is 72.1 Å². The largest absolute Gasteiger partial charge is 0.492 e. The predicted molar refractivity (Wildman–Crippen MR) is 155 cm³/mol. The molecule has 1 saturated heterocycles. The number of amidine groups is 1. The Morgan fingerprint density at radius 1 is 1.03 bits per heavy atom. The lowest BCUT2D eigenvalue weighted by Crippen LogP contribution is -2.42. The zero-order chi connectivity index (χ0) is 26.9. The van der Waals surface area contributed by atoms with Gasteiger partial charge in [0.1, 0.15) is 24.1 Å². The van der Waals surface area contributed by atoms with Crippen LogP contribution in [0, 0.1) is 5.41 Å². The van der Waals surface area contributed by atoms with Gasteiger partial charge in [0, 0.05) is 33.2 Å². The molecule has 39 heavy (non-hydrogen) atoms. The van der Waals surface area contributed by atoms with Gasteiger partial charge in [0.05, 0.1) is 12.4 Å². The van der Waals surface area contributed by atoms with Crippen LogP contribution in [-0.2, 0) is 6.42 Å². The maximum atomic E-state index is 13.5. The second-order valence-electron chi connectivity index (χ2n) is 9.20. The number of nitrogens with zero attached hydrogens (tertiary/aromatic N) is 2. The van der Waals surface area contributed by atoms with E-state index in [1.165, 1.54) is 11.8 Å². The molecule has 1 amide bonds. The fourth-order valence-electron chi connectivity index (χ4n) is 4.98. The summed E-state index contributed by atoms with van der Waals surface area (Å²) in [5.41, 5.74) is 7.11. The Morgan fingerprint density at radius 3 is 2.51 bits per heavy atom. The van der Waals surface area contributed by atoms with Gasteiger partial charge in [0.2, 0.25) is 0 Å². The maximum absolute atomic E-state index is 13.5. The number of nitrogens with one attached hydrogen (secondary N) is 3. The third kappa shape index (κ3) is 5.40. The molecule has 0 bridgehead atoms. The Kier molecular flexibility index (Phi) is 7.31. The minimum Gasteiger partial charge on any atom is -0.492 e. The summed E-state index contributed by atoms with van der Waals surface area (Å²) in [4.78, 5) is 18.7. The number of thioether (sulfide) groups is 1. The number of hydrazine groups is 1. The van der Waals surface area contributed by atoms with Gasteiger partial charge >= 0.3 is 6.09 Å². The maximum Gasteiger partial charge on any atom is 0.416 e. The minimum atomic E-state index is -0.441. The van der Waals surface area contributed by atoms with Crippen molar-refractivity contribution < 1.29 is 14.3 Å². The third-order valence-corrected chi connectivity index (χ3v) is 8.09. The van der Waals surface area contributed by atoms with Crippen LogP contribution in [0.4, 0.5) is 4.79 Å². The molecule has 4 aromatic rings. The highest BCUT2D eigenvalue weighted by molar-refractivity contribution is 8.13. The zero-order valence-corrected chi connectivity index (χ0v) is 23.1. The van der Waals surface area contributed by atoms with Crippen molar-refractivity contribution in [1.82, 2.24) is 20.3 Å². The SMILES string of the molecule is N=C1SCNN1CCOc1ccc(C2c3[nH]c4ccc(Cl)cc4c3CCN2C(=O)Oc2ccc(Cl)cc2)cc1. The Labute approximate surface area is 239 Å². The molecule has 11 heteroatoms. The molecule has 0 spiro atoms. The molecule has 200 valence electrons. The molecule has 1 atom stereocenters. The van der Waals surface area contributed by atoms with E-state index in [1.807, 2.05) is 42.5 Å². The molecule has 3 N–H and O–H groups in total. The Morgan fingerprint density at radius 2 is 1.77 bits per heavy atom. The number of hydrogen-bond acceptors (Lipinski definition) is 6. The lowest BCUT2D eigenvalue weighted by Gasteiger charge is -2.35. The van der Waals surface area contributed by atoms with E-state index >= 15 is 0 Å². The lowest BCUT2D eigenvalue weighted by atomic mass is 9.92. The molecule has 6 rings (SSSR count). The van der Waals surface area contributed by atoms with Crippen molar-refractivity contribution in [3.05, 3.63) is 93.6 Å². The summed E-state index contributed by atoms with van der Waals surface area (Å²) in [5, 5.41) is 12.5. The highest BCUT2D eigenvalue weighted by Crippen LogP contribution is 2.40. The van der Waals surface area contributed by atoms with Gasteiger partial charge in [-0.25, -0.2) is 10.2 Å². The summed E-state index contributed by atoms with van der Waals surface area (Å²) in [7, 11) is 0. The summed E-state index contributed by atoms with van der Waals surface area (Å²) in [6.07, 6.45) is 0.226. The number of hydrogen-bond donors (Lipinski definition) is 3. The van der Waals surface area contributed by atoms with E-state index < -0.39 is 6.09 Å². The Balaban J connectivity index is 1.27. The molecule has 1 aromatic heterocycles. The fourth-order valence-corrected chi connectivity index (χ4v) is 5.94. The van der Waals surface area contributed by atoms with E-state index in [9.17, 15) is 4.79 Å². The first-order valence-corrected chi connectivity index (χ1v) is 14.2. The van der Waals surface area contributed by atoms with Crippen molar-refractivity contribution in [2.24, 2.45) is 0 Å². The standard InChI is InChI=1S/C28H25Cl2N5O3S/c29-18-3-8-21(9-4-18)38-28(36)34-12-11-22-23-15-19(30)5-10-24(23)33-25(22)26(34)17-1-6-20(7-2-17)37-14-13-35-27(31)39-16-32-35/h1-10,15,26,31-33H,11-14,16H2. The number of aromatic amines is 1. The highest BCUT2D eigenvalue weighted by Gasteiger charge is 2.35. The van der Waals surface area contributed by atoms with Crippen molar-refractivity contribution in [3.63, 3.8) is 0 Å². The summed E-state index contributed by atoms with van der Waals surface area (Å²) < 4.78 is 11.7. The van der Waals surface area contributed by atoms with Gasteiger partial charge in [-0.2, -0.15) is 0 Å². The number of rotatable bonds is 6. The predicted octanol–water partition coefficient (Wildman–Crippen LogP) is 6.45. The van der Waals surface area contributed by atoms with E-state index in [-0.39, 0.29) is 6.04 Å². The normalized spacial score (nSPS) is 17.0. The van der Waals surface area contributed by atoms with Crippen molar-refractivity contribution in [1.29, 1.82) is 5.41 Å². The second kappa shape index (κ2) is 11.0. The number of fused-ring (bicyclic) bond motifs is 3. The number of aromatic nitrogens is 1. The smallest absolute Gasteiger partial charge is 0.416 e. The molecule has 0 saturated carbocycles. The summed E-state index contributed by atoms with van der Waals surface area (Å²) in [6, 6.07) is 19.9. The molecule has 2 aliphatic rings. The van der Waals surface area contributed by atoms with Crippen LogP contribution >= 0.6 is 35.0 Å². The third-order valence-electron chi connectivity index (χ3n) is 6.83. The quantitative estimate of drug-likeness (QED) is 0.242. The number of H-pyrrole nitrogens is 1. The highest BCUT2D eigenvalue weighted by atomic mass is 35.5.